The lowest BCUT2D eigenvalue weighted by Gasteiger charge is -2.22. The summed E-state index contributed by atoms with van der Waals surface area (Å²) in [5.41, 5.74) is 15.7. The molecule has 3 heteroatoms. The standard InChI is InChI=1S/C35H41N3/c1-6-23(2)24-10-12-25(13-11-24)31(26-16-19-29(20-17-26)35(3,4)5)22-37-34(36)38-32-21-18-28-15-14-27-8-7-9-30(32)33(27)28/h7-13,16-21,23,31H,6,14-15,22H2,1-5H3,(H3,36,37,38). The van der Waals surface area contributed by atoms with E-state index in [-0.39, 0.29) is 11.3 Å². The summed E-state index contributed by atoms with van der Waals surface area (Å²) in [6.07, 6.45) is 3.37. The minimum atomic E-state index is 0.123. The van der Waals surface area contributed by atoms with Crippen molar-refractivity contribution >= 4 is 22.4 Å². The highest BCUT2D eigenvalue weighted by Gasteiger charge is 2.19. The van der Waals surface area contributed by atoms with Gasteiger partial charge in [0.2, 0.25) is 0 Å². The number of guanidine groups is 1. The van der Waals surface area contributed by atoms with Gasteiger partial charge in [0.05, 0.1) is 6.54 Å². The average molecular weight is 504 g/mol. The van der Waals surface area contributed by atoms with Crippen LogP contribution in [0, 0.1) is 0 Å². The third-order valence-electron chi connectivity index (χ3n) is 8.28. The average Bonchev–Trinajstić information content (AvgIpc) is 3.34. The normalized spacial score (nSPS) is 15.0. The second kappa shape index (κ2) is 10.6. The first-order chi connectivity index (χ1) is 18.2. The first kappa shape index (κ1) is 26.0. The molecule has 1 aliphatic carbocycles. The number of aryl methyl sites for hydroxylation is 2. The first-order valence-electron chi connectivity index (χ1n) is 14.1. The molecule has 0 bridgehead atoms. The van der Waals surface area contributed by atoms with E-state index >= 15 is 0 Å². The molecule has 0 saturated carbocycles. The summed E-state index contributed by atoms with van der Waals surface area (Å²) in [6.45, 7) is 11.9. The zero-order chi connectivity index (χ0) is 26.9. The number of nitrogens with one attached hydrogen (secondary N) is 1. The van der Waals surface area contributed by atoms with E-state index in [1.54, 1.807) is 0 Å². The van der Waals surface area contributed by atoms with Crippen LogP contribution in [0.2, 0.25) is 0 Å². The number of aliphatic imine (C=N–C) groups is 1. The molecule has 0 fully saturated rings. The molecule has 0 aromatic heterocycles. The Morgan fingerprint density at radius 2 is 1.45 bits per heavy atom. The van der Waals surface area contributed by atoms with Gasteiger partial charge in [0.15, 0.2) is 5.96 Å². The molecule has 0 spiro atoms. The molecule has 0 radical (unpaired) electrons. The van der Waals surface area contributed by atoms with E-state index in [0.29, 0.717) is 18.4 Å². The lowest BCUT2D eigenvalue weighted by Crippen LogP contribution is -2.24. The van der Waals surface area contributed by atoms with Crippen LogP contribution in [0.15, 0.2) is 83.9 Å². The van der Waals surface area contributed by atoms with Gasteiger partial charge in [-0.15, -0.1) is 0 Å². The van der Waals surface area contributed by atoms with Crippen LogP contribution in [-0.2, 0) is 18.3 Å². The highest BCUT2D eigenvalue weighted by Crippen LogP contribution is 2.35. The quantitative estimate of drug-likeness (QED) is 0.197. The van der Waals surface area contributed by atoms with Gasteiger partial charge < -0.3 is 11.1 Å². The second-order valence-electron chi connectivity index (χ2n) is 11.9. The summed E-state index contributed by atoms with van der Waals surface area (Å²) in [5.74, 6) is 1.14. The van der Waals surface area contributed by atoms with Gasteiger partial charge in [-0.25, -0.2) is 0 Å². The van der Waals surface area contributed by atoms with E-state index < -0.39 is 0 Å². The maximum Gasteiger partial charge on any atom is 0.193 e. The summed E-state index contributed by atoms with van der Waals surface area (Å²) in [4.78, 5) is 4.87. The number of rotatable bonds is 7. The summed E-state index contributed by atoms with van der Waals surface area (Å²) in [6, 6.07) is 29.1. The van der Waals surface area contributed by atoms with Crippen molar-refractivity contribution in [1.82, 2.24) is 0 Å². The lowest BCUT2D eigenvalue weighted by molar-refractivity contribution is 0.589. The molecule has 5 rings (SSSR count). The van der Waals surface area contributed by atoms with Crippen LogP contribution in [0.5, 0.6) is 0 Å². The van der Waals surface area contributed by atoms with E-state index in [1.165, 1.54) is 44.2 Å². The van der Waals surface area contributed by atoms with Crippen molar-refractivity contribution in [1.29, 1.82) is 0 Å². The molecular formula is C35H41N3. The fraction of sp³-hybridized carbons (Fsp3) is 0.343. The zero-order valence-corrected chi connectivity index (χ0v) is 23.5. The number of anilines is 1. The van der Waals surface area contributed by atoms with Gasteiger partial charge in [0.1, 0.15) is 0 Å². The molecule has 0 aliphatic heterocycles. The Hall–Kier alpha value is -3.59. The van der Waals surface area contributed by atoms with E-state index in [4.69, 9.17) is 10.7 Å². The third kappa shape index (κ3) is 5.34. The molecule has 0 heterocycles. The zero-order valence-electron chi connectivity index (χ0n) is 23.5. The van der Waals surface area contributed by atoms with Crippen molar-refractivity contribution in [2.45, 2.75) is 71.1 Å². The maximum atomic E-state index is 6.49. The number of hydrogen-bond donors (Lipinski definition) is 2. The second-order valence-corrected chi connectivity index (χ2v) is 11.9. The number of benzene rings is 4. The molecule has 196 valence electrons. The minimum absolute atomic E-state index is 0.123. The van der Waals surface area contributed by atoms with Crippen LogP contribution < -0.4 is 11.1 Å². The molecule has 38 heavy (non-hydrogen) atoms. The van der Waals surface area contributed by atoms with Crippen LogP contribution >= 0.6 is 0 Å². The number of hydrogen-bond acceptors (Lipinski definition) is 1. The van der Waals surface area contributed by atoms with Crippen LogP contribution in [0.4, 0.5) is 5.69 Å². The fourth-order valence-electron chi connectivity index (χ4n) is 5.63. The fourth-order valence-corrected chi connectivity index (χ4v) is 5.63. The Kier molecular flexibility index (Phi) is 7.29. The molecule has 2 atom stereocenters. The molecule has 0 amide bonds. The SMILES string of the molecule is CCC(C)c1ccc(C(CN=C(N)Nc2ccc3c4c(cccc24)CC3)c2ccc(C(C)(C)C)cc2)cc1. The van der Waals surface area contributed by atoms with Crippen LogP contribution in [-0.4, -0.2) is 12.5 Å². The Bertz CT molecular complexity index is 1430. The van der Waals surface area contributed by atoms with Gasteiger partial charge >= 0.3 is 0 Å². The Balaban J connectivity index is 1.43. The summed E-state index contributed by atoms with van der Waals surface area (Å²) >= 11 is 0. The predicted molar refractivity (Wildman–Crippen MR) is 164 cm³/mol. The highest BCUT2D eigenvalue weighted by atomic mass is 15.1. The van der Waals surface area contributed by atoms with Crippen molar-refractivity contribution in [3.63, 3.8) is 0 Å². The molecular weight excluding hydrogens is 462 g/mol. The van der Waals surface area contributed by atoms with Crippen molar-refractivity contribution in [3.8, 4) is 0 Å². The van der Waals surface area contributed by atoms with Gasteiger partial charge in [0.25, 0.3) is 0 Å². The number of nitrogens with zero attached hydrogens (tertiary/aromatic N) is 1. The van der Waals surface area contributed by atoms with E-state index in [1.807, 2.05) is 0 Å². The summed E-state index contributed by atoms with van der Waals surface area (Å²) in [7, 11) is 0. The lowest BCUT2D eigenvalue weighted by atomic mass is 9.84. The molecule has 3 nitrogen and oxygen atoms in total. The Labute approximate surface area is 228 Å². The smallest absolute Gasteiger partial charge is 0.193 e. The van der Waals surface area contributed by atoms with Crippen LogP contribution in [0.3, 0.4) is 0 Å². The van der Waals surface area contributed by atoms with Crippen molar-refractivity contribution in [2.75, 3.05) is 11.9 Å². The van der Waals surface area contributed by atoms with Gasteiger partial charge in [0, 0.05) is 17.0 Å². The highest BCUT2D eigenvalue weighted by molar-refractivity contribution is 6.05. The minimum Gasteiger partial charge on any atom is -0.370 e. The van der Waals surface area contributed by atoms with Crippen molar-refractivity contribution in [3.05, 3.63) is 112 Å². The van der Waals surface area contributed by atoms with Crippen LogP contribution in [0.25, 0.3) is 10.8 Å². The summed E-state index contributed by atoms with van der Waals surface area (Å²) < 4.78 is 0. The van der Waals surface area contributed by atoms with Gasteiger partial charge in [-0.1, -0.05) is 107 Å². The van der Waals surface area contributed by atoms with Crippen LogP contribution in [0.1, 0.15) is 86.3 Å². The van der Waals surface area contributed by atoms with Gasteiger partial charge in [-0.2, -0.15) is 0 Å². The Morgan fingerprint density at radius 3 is 2.08 bits per heavy atom. The van der Waals surface area contributed by atoms with Crippen molar-refractivity contribution in [2.24, 2.45) is 10.7 Å². The molecule has 1 aliphatic rings. The molecule has 2 unspecified atom stereocenters. The van der Waals surface area contributed by atoms with E-state index in [0.717, 1.165) is 24.9 Å². The first-order valence-corrected chi connectivity index (χ1v) is 14.1. The third-order valence-corrected chi connectivity index (χ3v) is 8.28. The van der Waals surface area contributed by atoms with E-state index in [9.17, 15) is 0 Å². The monoisotopic (exact) mass is 503 g/mol. The van der Waals surface area contributed by atoms with Gasteiger partial charge in [-0.05, 0) is 75.4 Å². The van der Waals surface area contributed by atoms with E-state index in [2.05, 4.69) is 119 Å². The predicted octanol–water partition coefficient (Wildman–Crippen LogP) is 8.31. The topological polar surface area (TPSA) is 50.4 Å². The largest absolute Gasteiger partial charge is 0.370 e. The maximum absolute atomic E-state index is 6.49. The molecule has 0 saturated heterocycles. The molecule has 4 aromatic rings. The number of nitrogens with two attached hydrogens (primary N) is 1. The summed E-state index contributed by atoms with van der Waals surface area (Å²) in [5, 5.41) is 6.02. The molecule has 3 N–H and O–H groups in total. The van der Waals surface area contributed by atoms with Gasteiger partial charge in [-0.3, -0.25) is 4.99 Å². The van der Waals surface area contributed by atoms with Crippen molar-refractivity contribution < 1.29 is 0 Å². The Morgan fingerprint density at radius 1 is 0.842 bits per heavy atom. The molecule has 4 aromatic carbocycles.